The molecule has 5 nitrogen and oxygen atoms in total. The number of halogens is 2. The zero-order valence-corrected chi connectivity index (χ0v) is 18.8. The van der Waals surface area contributed by atoms with Gasteiger partial charge in [-0.2, -0.15) is 5.10 Å². The Bertz CT molecular complexity index is 1450. The van der Waals surface area contributed by atoms with Crippen LogP contribution in [0.15, 0.2) is 73.7 Å². The second-order valence-corrected chi connectivity index (χ2v) is 8.92. The molecule has 0 spiro atoms. The second kappa shape index (κ2) is 7.50. The van der Waals surface area contributed by atoms with Crippen LogP contribution in [-0.2, 0) is 0 Å². The highest BCUT2D eigenvalue weighted by molar-refractivity contribution is 9.10. The summed E-state index contributed by atoms with van der Waals surface area (Å²) >= 11 is 10.9. The van der Waals surface area contributed by atoms with Crippen LogP contribution in [0.2, 0.25) is 5.02 Å². The van der Waals surface area contributed by atoms with Gasteiger partial charge in [-0.25, -0.2) is 14.5 Å². The maximum Gasteiger partial charge on any atom is 0.345 e. The third kappa shape index (κ3) is 3.49. The number of fused-ring (bicyclic) bond motifs is 1. The first kappa shape index (κ1) is 19.2. The van der Waals surface area contributed by atoms with Crippen LogP contribution in [0, 0.1) is 6.92 Å². The van der Waals surface area contributed by atoms with Crippen molar-refractivity contribution >= 4 is 49.8 Å². The van der Waals surface area contributed by atoms with E-state index in [1.54, 1.807) is 10.7 Å². The van der Waals surface area contributed by atoms with Gasteiger partial charge in [-0.1, -0.05) is 39.7 Å². The molecular weight excluding hydrogens is 486 g/mol. The predicted octanol–water partition coefficient (Wildman–Crippen LogP) is 6.49. The molecule has 3 heterocycles. The minimum absolute atomic E-state index is 0.416. The number of aromatic nitrogens is 3. The topological polar surface area (TPSA) is 60.9 Å². The smallest absolute Gasteiger partial charge is 0.345 e. The molecule has 0 atom stereocenters. The van der Waals surface area contributed by atoms with Crippen molar-refractivity contribution in [2.45, 2.75) is 6.92 Å². The summed E-state index contributed by atoms with van der Waals surface area (Å²) in [5.41, 5.74) is 3.75. The summed E-state index contributed by atoms with van der Waals surface area (Å²) in [4.78, 5) is 17.4. The van der Waals surface area contributed by atoms with Crippen molar-refractivity contribution in [3.8, 4) is 27.6 Å². The molecule has 0 aliphatic heterocycles. The lowest BCUT2D eigenvalue weighted by Crippen LogP contribution is -2.07. The standard InChI is InChI=1S/C22H13BrClN3O2S/c1-12-8-19(17-10-14-9-15(23)4-7-20(14)29-21(17)28)27(26-12)22-25-18(11-30-22)13-2-5-16(24)6-3-13/h2-11H,1H3. The van der Waals surface area contributed by atoms with Crippen LogP contribution in [0.1, 0.15) is 5.69 Å². The highest BCUT2D eigenvalue weighted by Crippen LogP contribution is 2.30. The molecule has 0 aliphatic rings. The molecule has 3 aromatic heterocycles. The minimum atomic E-state index is -0.416. The van der Waals surface area contributed by atoms with Gasteiger partial charge >= 0.3 is 5.63 Å². The molecule has 5 rings (SSSR count). The number of hydrogen-bond donors (Lipinski definition) is 0. The minimum Gasteiger partial charge on any atom is -0.422 e. The van der Waals surface area contributed by atoms with Gasteiger partial charge in [-0.05, 0) is 49.4 Å². The van der Waals surface area contributed by atoms with Crippen LogP contribution in [0.4, 0.5) is 0 Å². The molecule has 0 radical (unpaired) electrons. The van der Waals surface area contributed by atoms with Gasteiger partial charge < -0.3 is 4.42 Å². The first-order valence-electron chi connectivity index (χ1n) is 9.00. The summed E-state index contributed by atoms with van der Waals surface area (Å²) in [7, 11) is 0. The van der Waals surface area contributed by atoms with Crippen molar-refractivity contribution < 1.29 is 4.42 Å². The van der Waals surface area contributed by atoms with Crippen LogP contribution < -0.4 is 5.63 Å². The van der Waals surface area contributed by atoms with Gasteiger partial charge in [0.25, 0.3) is 0 Å². The van der Waals surface area contributed by atoms with Gasteiger partial charge in [0.05, 0.1) is 22.6 Å². The number of rotatable bonds is 3. The van der Waals surface area contributed by atoms with E-state index in [1.165, 1.54) is 11.3 Å². The molecule has 2 aromatic carbocycles. The Hall–Kier alpha value is -2.74. The molecule has 0 fully saturated rings. The Labute approximate surface area is 188 Å². The monoisotopic (exact) mass is 497 g/mol. The van der Waals surface area contributed by atoms with Gasteiger partial charge in [0.2, 0.25) is 5.13 Å². The number of thiazole rings is 1. The maximum absolute atomic E-state index is 12.7. The van der Waals surface area contributed by atoms with Crippen molar-refractivity contribution in [3.63, 3.8) is 0 Å². The zero-order chi connectivity index (χ0) is 20.8. The fraction of sp³-hybridized carbons (Fsp3) is 0.0455. The highest BCUT2D eigenvalue weighted by Gasteiger charge is 2.18. The first-order valence-corrected chi connectivity index (χ1v) is 11.1. The summed E-state index contributed by atoms with van der Waals surface area (Å²) in [6.45, 7) is 1.88. The highest BCUT2D eigenvalue weighted by atomic mass is 79.9. The number of benzene rings is 2. The quantitative estimate of drug-likeness (QED) is 0.267. The van der Waals surface area contributed by atoms with Crippen LogP contribution in [0.3, 0.4) is 0 Å². The van der Waals surface area contributed by atoms with E-state index in [-0.39, 0.29) is 0 Å². The molecule has 0 amide bonds. The van der Waals surface area contributed by atoms with Gasteiger partial charge in [-0.15, -0.1) is 11.3 Å². The summed E-state index contributed by atoms with van der Waals surface area (Å²) < 4.78 is 8.14. The third-order valence-electron chi connectivity index (χ3n) is 4.61. The lowest BCUT2D eigenvalue weighted by atomic mass is 10.1. The van der Waals surface area contributed by atoms with Crippen molar-refractivity contribution in [1.29, 1.82) is 0 Å². The molecule has 5 aromatic rings. The van der Waals surface area contributed by atoms with E-state index in [4.69, 9.17) is 21.0 Å². The van der Waals surface area contributed by atoms with E-state index < -0.39 is 5.63 Å². The van der Waals surface area contributed by atoms with Crippen molar-refractivity contribution in [2.24, 2.45) is 0 Å². The number of hydrogen-bond acceptors (Lipinski definition) is 5. The fourth-order valence-corrected chi connectivity index (χ4v) is 4.53. The molecule has 0 saturated heterocycles. The Morgan fingerprint density at radius 1 is 1.10 bits per heavy atom. The normalized spacial score (nSPS) is 11.3. The summed E-state index contributed by atoms with van der Waals surface area (Å²) in [5.74, 6) is 0. The number of aryl methyl sites for hydroxylation is 1. The first-order chi connectivity index (χ1) is 14.5. The van der Waals surface area contributed by atoms with Gasteiger partial charge in [-0.3, -0.25) is 0 Å². The Morgan fingerprint density at radius 3 is 2.70 bits per heavy atom. The van der Waals surface area contributed by atoms with Crippen molar-refractivity contribution in [1.82, 2.24) is 14.8 Å². The van der Waals surface area contributed by atoms with E-state index >= 15 is 0 Å². The van der Waals surface area contributed by atoms with Crippen LogP contribution >= 0.6 is 38.9 Å². The third-order valence-corrected chi connectivity index (χ3v) is 6.18. The summed E-state index contributed by atoms with van der Waals surface area (Å²) in [6.07, 6.45) is 0. The molecule has 0 aliphatic carbocycles. The predicted molar refractivity (Wildman–Crippen MR) is 124 cm³/mol. The lowest BCUT2D eigenvalue weighted by molar-refractivity contribution is 0.562. The summed E-state index contributed by atoms with van der Waals surface area (Å²) in [5, 5.41) is 8.69. The van der Waals surface area contributed by atoms with E-state index in [1.807, 2.05) is 60.8 Å². The Morgan fingerprint density at radius 2 is 1.90 bits per heavy atom. The largest absolute Gasteiger partial charge is 0.422 e. The van der Waals surface area contributed by atoms with Crippen LogP contribution in [0.5, 0.6) is 0 Å². The van der Waals surface area contributed by atoms with E-state index in [9.17, 15) is 4.79 Å². The molecule has 0 saturated carbocycles. The molecular formula is C22H13BrClN3O2S. The zero-order valence-electron chi connectivity index (χ0n) is 15.6. The van der Waals surface area contributed by atoms with E-state index in [2.05, 4.69) is 21.0 Å². The second-order valence-electron chi connectivity index (χ2n) is 6.73. The lowest BCUT2D eigenvalue weighted by Gasteiger charge is -2.05. The van der Waals surface area contributed by atoms with Crippen LogP contribution in [0.25, 0.3) is 38.6 Å². The average molecular weight is 499 g/mol. The van der Waals surface area contributed by atoms with Crippen molar-refractivity contribution in [2.75, 3.05) is 0 Å². The Kier molecular flexibility index (Phi) is 4.81. The molecule has 0 bridgehead atoms. The van der Waals surface area contributed by atoms with Gasteiger partial charge in [0.1, 0.15) is 5.58 Å². The van der Waals surface area contributed by atoms with Gasteiger partial charge in [0, 0.05) is 25.8 Å². The molecule has 0 N–H and O–H groups in total. The molecule has 0 unspecified atom stereocenters. The SMILES string of the molecule is Cc1cc(-c2cc3cc(Br)ccc3oc2=O)n(-c2nc(-c3ccc(Cl)cc3)cs2)n1. The van der Waals surface area contributed by atoms with Gasteiger partial charge in [0.15, 0.2) is 0 Å². The van der Waals surface area contributed by atoms with Crippen molar-refractivity contribution in [3.05, 3.63) is 85.6 Å². The fourth-order valence-electron chi connectivity index (χ4n) is 3.22. The molecule has 148 valence electrons. The average Bonchev–Trinajstić information content (AvgIpc) is 3.35. The van der Waals surface area contributed by atoms with Crippen LogP contribution in [-0.4, -0.2) is 14.8 Å². The van der Waals surface area contributed by atoms with E-state index in [0.29, 0.717) is 27.0 Å². The molecule has 8 heteroatoms. The maximum atomic E-state index is 12.7. The number of nitrogens with zero attached hydrogens (tertiary/aromatic N) is 3. The molecule has 30 heavy (non-hydrogen) atoms. The van der Waals surface area contributed by atoms with E-state index in [0.717, 1.165) is 26.8 Å². The summed E-state index contributed by atoms with van der Waals surface area (Å²) in [6, 6.07) is 16.7. The Balaban J connectivity index is 1.64.